The predicted octanol–water partition coefficient (Wildman–Crippen LogP) is 5.42. The summed E-state index contributed by atoms with van der Waals surface area (Å²) < 4.78 is 4.87. The second-order valence-electron chi connectivity index (χ2n) is 5.08. The molecule has 0 aliphatic rings. The Hall–Kier alpha value is -0.790. The lowest BCUT2D eigenvalue weighted by atomic mass is 10.1. The van der Waals surface area contributed by atoms with Crippen LogP contribution in [-0.4, -0.2) is 12.6 Å². The standard InChI is InChI=1S/C17H32O2/c1-3-5-6-7-8-9-10-11-12-13-14-15-16-17(18)19-4-2/h13-14H,3-12,15-16H2,1-2H3/b14-13+. The van der Waals surface area contributed by atoms with Crippen LogP contribution in [-0.2, 0) is 9.53 Å². The fourth-order valence-corrected chi connectivity index (χ4v) is 2.07. The highest BCUT2D eigenvalue weighted by molar-refractivity contribution is 5.69. The van der Waals surface area contributed by atoms with Gasteiger partial charge in [-0.25, -0.2) is 0 Å². The Morgan fingerprint density at radius 3 is 2.05 bits per heavy atom. The molecule has 0 rings (SSSR count). The molecule has 0 N–H and O–H groups in total. The molecule has 0 radical (unpaired) electrons. The lowest BCUT2D eigenvalue weighted by Crippen LogP contribution is -2.02. The minimum absolute atomic E-state index is 0.0840. The van der Waals surface area contributed by atoms with Gasteiger partial charge in [-0.1, -0.05) is 64.0 Å². The number of hydrogen-bond donors (Lipinski definition) is 0. The smallest absolute Gasteiger partial charge is 0.306 e. The largest absolute Gasteiger partial charge is 0.466 e. The molecule has 0 aliphatic carbocycles. The maximum Gasteiger partial charge on any atom is 0.306 e. The number of allylic oxidation sites excluding steroid dienone is 2. The Balaban J connectivity index is 3.14. The van der Waals surface area contributed by atoms with Crippen LogP contribution in [0.4, 0.5) is 0 Å². The molecule has 0 aromatic carbocycles. The van der Waals surface area contributed by atoms with E-state index in [1.54, 1.807) is 0 Å². The highest BCUT2D eigenvalue weighted by Gasteiger charge is 1.97. The molecule has 0 spiro atoms. The predicted molar refractivity (Wildman–Crippen MR) is 82.2 cm³/mol. The first-order valence-electron chi connectivity index (χ1n) is 8.11. The molecule has 0 heterocycles. The molecule has 0 saturated carbocycles. The number of ether oxygens (including phenoxy) is 1. The summed E-state index contributed by atoms with van der Waals surface area (Å²) in [6, 6.07) is 0. The summed E-state index contributed by atoms with van der Waals surface area (Å²) in [6.45, 7) is 4.59. The topological polar surface area (TPSA) is 26.3 Å². The molecule has 0 atom stereocenters. The third kappa shape index (κ3) is 15.2. The number of unbranched alkanes of at least 4 members (excludes halogenated alkanes) is 8. The summed E-state index contributed by atoms with van der Waals surface area (Å²) in [6.07, 6.45) is 17.7. The van der Waals surface area contributed by atoms with Crippen LogP contribution >= 0.6 is 0 Å². The number of esters is 1. The van der Waals surface area contributed by atoms with Crippen molar-refractivity contribution in [3.8, 4) is 0 Å². The SMILES string of the molecule is CCCCCCCCCC/C=C/CCC(=O)OCC. The monoisotopic (exact) mass is 268 g/mol. The molecule has 112 valence electrons. The first kappa shape index (κ1) is 18.2. The van der Waals surface area contributed by atoms with Gasteiger partial charge in [-0.2, -0.15) is 0 Å². The number of carbonyl (C=O) groups excluding carboxylic acids is 1. The minimum Gasteiger partial charge on any atom is -0.466 e. The molecule has 0 saturated heterocycles. The average Bonchev–Trinajstić information content (AvgIpc) is 2.40. The highest BCUT2D eigenvalue weighted by Crippen LogP contribution is 2.09. The van der Waals surface area contributed by atoms with Gasteiger partial charge in [-0.15, -0.1) is 0 Å². The van der Waals surface area contributed by atoms with Gasteiger partial charge in [0.1, 0.15) is 0 Å². The molecule has 2 heteroatoms. The Morgan fingerprint density at radius 2 is 1.42 bits per heavy atom. The van der Waals surface area contributed by atoms with Crippen molar-refractivity contribution in [2.75, 3.05) is 6.61 Å². The van der Waals surface area contributed by atoms with Crippen LogP contribution in [0.15, 0.2) is 12.2 Å². The van der Waals surface area contributed by atoms with Crippen LogP contribution in [0.25, 0.3) is 0 Å². The highest BCUT2D eigenvalue weighted by atomic mass is 16.5. The Labute approximate surface area is 119 Å². The van der Waals surface area contributed by atoms with Crippen molar-refractivity contribution in [1.82, 2.24) is 0 Å². The summed E-state index contributed by atoms with van der Waals surface area (Å²) >= 11 is 0. The third-order valence-electron chi connectivity index (χ3n) is 3.21. The van der Waals surface area contributed by atoms with Crippen LogP contribution in [0.1, 0.15) is 84.5 Å². The van der Waals surface area contributed by atoms with E-state index >= 15 is 0 Å². The van der Waals surface area contributed by atoms with Crippen LogP contribution in [0, 0.1) is 0 Å². The summed E-state index contributed by atoms with van der Waals surface area (Å²) in [5.74, 6) is -0.0840. The van der Waals surface area contributed by atoms with Crippen molar-refractivity contribution in [1.29, 1.82) is 0 Å². The normalized spacial score (nSPS) is 11.1. The summed E-state index contributed by atoms with van der Waals surface area (Å²) in [4.78, 5) is 11.1. The van der Waals surface area contributed by atoms with Gasteiger partial charge in [-0.3, -0.25) is 4.79 Å². The summed E-state index contributed by atoms with van der Waals surface area (Å²) in [5, 5.41) is 0. The summed E-state index contributed by atoms with van der Waals surface area (Å²) in [5.41, 5.74) is 0. The van der Waals surface area contributed by atoms with Crippen molar-refractivity contribution < 1.29 is 9.53 Å². The van der Waals surface area contributed by atoms with E-state index in [0.29, 0.717) is 13.0 Å². The molecule has 0 aliphatic heterocycles. The second-order valence-corrected chi connectivity index (χ2v) is 5.08. The van der Waals surface area contributed by atoms with Gasteiger partial charge in [0, 0.05) is 6.42 Å². The lowest BCUT2D eigenvalue weighted by molar-refractivity contribution is -0.142. The zero-order valence-corrected chi connectivity index (χ0v) is 13.0. The second kappa shape index (κ2) is 15.3. The maximum atomic E-state index is 11.1. The van der Waals surface area contributed by atoms with E-state index < -0.39 is 0 Å². The van der Waals surface area contributed by atoms with Crippen molar-refractivity contribution in [2.24, 2.45) is 0 Å². The Bertz CT molecular complexity index is 221. The Kier molecular flexibility index (Phi) is 14.6. The van der Waals surface area contributed by atoms with Gasteiger partial charge in [0.25, 0.3) is 0 Å². The molecule has 2 nitrogen and oxygen atoms in total. The van der Waals surface area contributed by atoms with Crippen molar-refractivity contribution >= 4 is 5.97 Å². The first-order valence-corrected chi connectivity index (χ1v) is 8.11. The van der Waals surface area contributed by atoms with E-state index in [9.17, 15) is 4.79 Å². The van der Waals surface area contributed by atoms with Crippen LogP contribution in [0.3, 0.4) is 0 Å². The molecule has 0 aromatic rings. The number of rotatable bonds is 13. The Morgan fingerprint density at radius 1 is 0.842 bits per heavy atom. The van der Waals surface area contributed by atoms with Gasteiger partial charge in [0.05, 0.1) is 6.61 Å². The third-order valence-corrected chi connectivity index (χ3v) is 3.21. The fraction of sp³-hybridized carbons (Fsp3) is 0.824. The molecule has 0 aromatic heterocycles. The van der Waals surface area contributed by atoms with E-state index in [0.717, 1.165) is 12.8 Å². The molecule has 0 amide bonds. The van der Waals surface area contributed by atoms with Crippen molar-refractivity contribution in [3.63, 3.8) is 0 Å². The first-order chi connectivity index (χ1) is 9.31. The molecular formula is C17H32O2. The maximum absolute atomic E-state index is 11.1. The zero-order valence-electron chi connectivity index (χ0n) is 13.0. The quantitative estimate of drug-likeness (QED) is 0.253. The lowest BCUT2D eigenvalue weighted by Gasteiger charge is -2.00. The van der Waals surface area contributed by atoms with Crippen LogP contribution in [0.5, 0.6) is 0 Å². The zero-order chi connectivity index (χ0) is 14.2. The number of hydrogen-bond acceptors (Lipinski definition) is 2. The average molecular weight is 268 g/mol. The van der Waals surface area contributed by atoms with E-state index in [1.807, 2.05) is 6.92 Å². The van der Waals surface area contributed by atoms with Gasteiger partial charge >= 0.3 is 5.97 Å². The molecule has 19 heavy (non-hydrogen) atoms. The van der Waals surface area contributed by atoms with Gasteiger partial charge in [-0.05, 0) is 26.2 Å². The van der Waals surface area contributed by atoms with Crippen LogP contribution in [0.2, 0.25) is 0 Å². The number of carbonyl (C=O) groups is 1. The van der Waals surface area contributed by atoms with Crippen molar-refractivity contribution in [3.05, 3.63) is 12.2 Å². The molecule has 0 unspecified atom stereocenters. The van der Waals surface area contributed by atoms with Gasteiger partial charge in [0.15, 0.2) is 0 Å². The molecular weight excluding hydrogens is 236 g/mol. The van der Waals surface area contributed by atoms with Crippen LogP contribution < -0.4 is 0 Å². The van der Waals surface area contributed by atoms with Gasteiger partial charge < -0.3 is 4.74 Å². The summed E-state index contributed by atoms with van der Waals surface area (Å²) in [7, 11) is 0. The molecule has 0 bridgehead atoms. The van der Waals surface area contributed by atoms with E-state index in [4.69, 9.17) is 4.74 Å². The molecule has 0 fully saturated rings. The van der Waals surface area contributed by atoms with Crippen molar-refractivity contribution in [2.45, 2.75) is 84.5 Å². The fourth-order valence-electron chi connectivity index (χ4n) is 2.07. The minimum atomic E-state index is -0.0840. The van der Waals surface area contributed by atoms with E-state index in [2.05, 4.69) is 19.1 Å². The van der Waals surface area contributed by atoms with Gasteiger partial charge in [0.2, 0.25) is 0 Å². The van der Waals surface area contributed by atoms with E-state index in [1.165, 1.54) is 51.4 Å². The van der Waals surface area contributed by atoms with E-state index in [-0.39, 0.29) is 5.97 Å².